The van der Waals surface area contributed by atoms with Gasteiger partial charge in [0.05, 0.1) is 24.3 Å². The Labute approximate surface area is 275 Å². The van der Waals surface area contributed by atoms with E-state index in [0.29, 0.717) is 69.9 Å². The Morgan fingerprint density at radius 1 is 1.00 bits per heavy atom. The van der Waals surface area contributed by atoms with E-state index in [1.165, 1.54) is 6.92 Å². The molecule has 1 amide bonds. The van der Waals surface area contributed by atoms with E-state index in [0.717, 1.165) is 33.4 Å². The minimum Gasteiger partial charge on any atom is -0.462 e. The van der Waals surface area contributed by atoms with E-state index in [9.17, 15) is 27.2 Å². The average Bonchev–Trinajstić information content (AvgIpc) is 3.50. The van der Waals surface area contributed by atoms with Crippen molar-refractivity contribution in [3.63, 3.8) is 0 Å². The van der Waals surface area contributed by atoms with Gasteiger partial charge >= 0.3 is 12.1 Å². The molecule has 2 saturated heterocycles. The first-order valence-corrected chi connectivity index (χ1v) is 16.5. The van der Waals surface area contributed by atoms with Crippen LogP contribution in [-0.2, 0) is 15.7 Å². The van der Waals surface area contributed by atoms with Gasteiger partial charge in [-0.15, -0.1) is 0 Å². The molecule has 3 aromatic rings. The Balaban J connectivity index is 1.07. The summed E-state index contributed by atoms with van der Waals surface area (Å²) >= 11 is 6.44. The van der Waals surface area contributed by atoms with Crippen LogP contribution in [0, 0.1) is 5.41 Å². The molecule has 2 bridgehead atoms. The second-order valence-corrected chi connectivity index (χ2v) is 13.7. The molecule has 3 heterocycles. The molecule has 3 aliphatic carbocycles. The molecule has 13 heteroatoms. The van der Waals surface area contributed by atoms with Crippen molar-refractivity contribution in [1.29, 1.82) is 0 Å². The summed E-state index contributed by atoms with van der Waals surface area (Å²) in [6, 6.07) is 13.0. The van der Waals surface area contributed by atoms with Gasteiger partial charge in [0.25, 0.3) is 0 Å². The molecular weight excluding hydrogens is 638 g/mol. The van der Waals surface area contributed by atoms with Gasteiger partial charge in [0.2, 0.25) is 5.91 Å². The number of hydrogen-bond acceptors (Lipinski definition) is 6. The molecule has 1 atom stereocenters. The number of nitrogens with zero attached hydrogens (tertiary/aromatic N) is 5. The number of ether oxygens (including phenoxy) is 1. The lowest BCUT2D eigenvalue weighted by Gasteiger charge is -2.65. The molecule has 250 valence electrons. The van der Waals surface area contributed by atoms with Gasteiger partial charge < -0.3 is 19.4 Å². The Morgan fingerprint density at radius 3 is 2.34 bits per heavy atom. The first-order valence-electron chi connectivity index (χ1n) is 16.1. The Morgan fingerprint density at radius 2 is 1.70 bits per heavy atom. The first kappa shape index (κ1) is 31.8. The first-order chi connectivity index (χ1) is 22.4. The maximum atomic E-state index is 14.2. The lowest BCUT2D eigenvalue weighted by molar-refractivity contribution is -0.222. The second kappa shape index (κ2) is 11.7. The Bertz CT molecular complexity index is 1670. The zero-order valence-electron chi connectivity index (χ0n) is 26.0. The molecule has 0 N–H and O–H groups in total. The van der Waals surface area contributed by atoms with Crippen LogP contribution in [0.25, 0.3) is 11.1 Å². The summed E-state index contributed by atoms with van der Waals surface area (Å²) < 4.78 is 62.4. The molecule has 0 radical (unpaired) electrons. The van der Waals surface area contributed by atoms with Crippen LogP contribution < -0.4 is 9.80 Å². The predicted octanol–water partition coefficient (Wildman–Crippen LogP) is 6.78. The molecule has 47 heavy (non-hydrogen) atoms. The molecule has 0 spiro atoms. The van der Waals surface area contributed by atoms with E-state index in [1.54, 1.807) is 6.07 Å². The summed E-state index contributed by atoms with van der Waals surface area (Å²) in [6.45, 7) is 4.94. The number of anilines is 2. The largest absolute Gasteiger partial charge is 0.462 e. The number of hydrogen-bond donors (Lipinski definition) is 0. The third-order valence-corrected chi connectivity index (χ3v) is 10.4. The van der Waals surface area contributed by atoms with Crippen LogP contribution in [0.4, 0.5) is 28.9 Å². The van der Waals surface area contributed by atoms with Crippen molar-refractivity contribution in [2.75, 3.05) is 55.7 Å². The Kier molecular flexibility index (Phi) is 7.92. The summed E-state index contributed by atoms with van der Waals surface area (Å²) in [4.78, 5) is 31.5. The minimum atomic E-state index is -4.79. The van der Waals surface area contributed by atoms with Crippen molar-refractivity contribution in [1.82, 2.24) is 14.7 Å². The highest BCUT2D eigenvalue weighted by molar-refractivity contribution is 6.31. The SMILES string of the molecule is CCOC(=O)c1cnn(C2CCCN(c3cc(Cl)ccc3-c3ccc(N4CCN(C(=O)C56CC(F)(C5)C6)CC4)cc3)C2)c1C(F)(F)F. The Hall–Kier alpha value is -3.80. The summed E-state index contributed by atoms with van der Waals surface area (Å²) in [5.74, 6) is -0.945. The summed E-state index contributed by atoms with van der Waals surface area (Å²) in [5, 5.41) is 4.54. The smallest absolute Gasteiger partial charge is 0.433 e. The van der Waals surface area contributed by atoms with E-state index in [-0.39, 0.29) is 19.1 Å². The quantitative estimate of drug-likeness (QED) is 0.204. The van der Waals surface area contributed by atoms with Gasteiger partial charge in [-0.05, 0) is 68.9 Å². The highest BCUT2D eigenvalue weighted by Crippen LogP contribution is 2.70. The van der Waals surface area contributed by atoms with Crippen LogP contribution in [0.1, 0.15) is 61.1 Å². The number of rotatable bonds is 7. The molecule has 3 saturated carbocycles. The van der Waals surface area contributed by atoms with Crippen molar-refractivity contribution in [3.05, 3.63) is 64.9 Å². The van der Waals surface area contributed by atoms with Crippen molar-refractivity contribution in [2.24, 2.45) is 5.41 Å². The van der Waals surface area contributed by atoms with E-state index >= 15 is 0 Å². The molecule has 1 aromatic heterocycles. The van der Waals surface area contributed by atoms with E-state index in [1.807, 2.05) is 46.2 Å². The van der Waals surface area contributed by atoms with Crippen molar-refractivity contribution in [3.8, 4) is 11.1 Å². The summed E-state index contributed by atoms with van der Waals surface area (Å²) in [5.41, 5.74) is 0.429. The van der Waals surface area contributed by atoms with Crippen molar-refractivity contribution in [2.45, 2.75) is 56.9 Å². The van der Waals surface area contributed by atoms with Gasteiger partial charge in [-0.2, -0.15) is 18.3 Å². The van der Waals surface area contributed by atoms with E-state index in [2.05, 4.69) is 10.00 Å². The highest BCUT2D eigenvalue weighted by atomic mass is 35.5. The fraction of sp³-hybridized carbons (Fsp3) is 0.500. The molecule has 5 aliphatic rings. The molecule has 2 aromatic carbocycles. The van der Waals surface area contributed by atoms with Gasteiger partial charge in [0.15, 0.2) is 5.69 Å². The molecule has 5 fully saturated rings. The van der Waals surface area contributed by atoms with Crippen molar-refractivity contribution >= 4 is 34.9 Å². The molecule has 8 rings (SSSR count). The van der Waals surface area contributed by atoms with Gasteiger partial charge in [-0.1, -0.05) is 29.8 Å². The summed E-state index contributed by atoms with van der Waals surface area (Å²) in [7, 11) is 0. The number of halogens is 5. The van der Waals surface area contributed by atoms with Gasteiger partial charge in [-0.3, -0.25) is 9.48 Å². The van der Waals surface area contributed by atoms with Crippen LogP contribution in [-0.4, -0.2) is 78.1 Å². The maximum Gasteiger partial charge on any atom is 0.433 e. The van der Waals surface area contributed by atoms with Crippen molar-refractivity contribution < 1.29 is 31.9 Å². The number of piperidine rings is 1. The van der Waals surface area contributed by atoms with E-state index < -0.39 is 40.5 Å². The predicted molar refractivity (Wildman–Crippen MR) is 169 cm³/mol. The van der Waals surface area contributed by atoms with Crippen LogP contribution in [0.3, 0.4) is 0 Å². The van der Waals surface area contributed by atoms with Crippen LogP contribution in [0.5, 0.6) is 0 Å². The van der Waals surface area contributed by atoms with Gasteiger partial charge in [0, 0.05) is 61.2 Å². The third kappa shape index (κ3) is 5.72. The number of piperazine rings is 1. The normalized spacial score (nSPS) is 25.7. The topological polar surface area (TPSA) is 70.9 Å². The number of aromatic nitrogens is 2. The minimum absolute atomic E-state index is 0.0433. The maximum absolute atomic E-state index is 14.2. The van der Waals surface area contributed by atoms with Gasteiger partial charge in [0.1, 0.15) is 11.2 Å². The number of benzene rings is 2. The molecule has 8 nitrogen and oxygen atoms in total. The summed E-state index contributed by atoms with van der Waals surface area (Å²) in [6.07, 6.45) is -1.64. The fourth-order valence-electron chi connectivity index (χ4n) is 7.91. The monoisotopic (exact) mass is 673 g/mol. The molecule has 1 unspecified atom stereocenters. The standard InChI is InChI=1S/C34H36ClF4N5O3/c1-2-47-30(45)27-17-40-44(29(27)34(37,38)39)25-4-3-11-43(18-25)28-16-23(35)7-10-26(28)22-5-8-24(9-6-22)41-12-14-42(15-13-41)31(46)32-19-33(36,20-32)21-32/h5-10,16-17,25H,2-4,11-15,18-21H2,1H3. The second-order valence-electron chi connectivity index (χ2n) is 13.3. The van der Waals surface area contributed by atoms with Gasteiger partial charge in [-0.25, -0.2) is 9.18 Å². The number of amides is 1. The average molecular weight is 674 g/mol. The van der Waals surface area contributed by atoms with Crippen LogP contribution >= 0.6 is 11.6 Å². The lowest BCUT2D eigenvalue weighted by atomic mass is 9.42. The molecular formula is C34H36ClF4N5O3. The van der Waals surface area contributed by atoms with Crippen LogP contribution in [0.15, 0.2) is 48.7 Å². The van der Waals surface area contributed by atoms with Crippen LogP contribution in [0.2, 0.25) is 5.02 Å². The highest BCUT2D eigenvalue weighted by Gasteiger charge is 2.73. The zero-order chi connectivity index (χ0) is 33.1. The fourth-order valence-corrected chi connectivity index (χ4v) is 8.08. The number of carbonyl (C=O) groups is 2. The molecule has 2 aliphatic heterocycles. The number of alkyl halides is 4. The number of carbonyl (C=O) groups excluding carboxylic acids is 2. The zero-order valence-corrected chi connectivity index (χ0v) is 26.8. The van der Waals surface area contributed by atoms with E-state index in [4.69, 9.17) is 16.3 Å². The lowest BCUT2D eigenvalue weighted by Crippen LogP contribution is -2.71. The number of esters is 1. The third-order valence-electron chi connectivity index (χ3n) is 10.1.